The third kappa shape index (κ3) is 4.25. The summed E-state index contributed by atoms with van der Waals surface area (Å²) in [5.41, 5.74) is 3.30. The number of hydrogen-bond acceptors (Lipinski definition) is 5. The van der Waals surface area contributed by atoms with Crippen LogP contribution in [-0.2, 0) is 11.3 Å². The molecule has 4 rings (SSSR count). The number of nitrogens with zero attached hydrogens (tertiary/aromatic N) is 4. The Morgan fingerprint density at radius 1 is 1.18 bits per heavy atom. The average molecular weight is 394 g/mol. The number of aromatic nitrogens is 4. The molecule has 0 spiro atoms. The van der Waals surface area contributed by atoms with E-state index in [0.717, 1.165) is 34.9 Å². The summed E-state index contributed by atoms with van der Waals surface area (Å²) in [5.74, 6) is 0.848. The van der Waals surface area contributed by atoms with Crippen molar-refractivity contribution in [1.82, 2.24) is 25.1 Å². The normalized spacial score (nSPS) is 14.6. The second-order valence-corrected chi connectivity index (χ2v) is 8.41. The molecule has 0 aliphatic heterocycles. The summed E-state index contributed by atoms with van der Waals surface area (Å²) in [6.45, 7) is 4.49. The Bertz CT molecular complexity index is 951. The van der Waals surface area contributed by atoms with E-state index in [1.807, 2.05) is 31.2 Å². The number of pyridine rings is 1. The molecule has 28 heavy (non-hydrogen) atoms. The van der Waals surface area contributed by atoms with Crippen LogP contribution < -0.4 is 5.32 Å². The predicted molar refractivity (Wildman–Crippen MR) is 110 cm³/mol. The van der Waals surface area contributed by atoms with Gasteiger partial charge in [0.25, 0.3) is 0 Å². The van der Waals surface area contributed by atoms with Crippen molar-refractivity contribution in [2.24, 2.45) is 0 Å². The standard InChI is InChI=1S/C21H23N5OS/c1-14-3-5-16(6-4-14)13-23-20(27)15(2)28-21-25-24-19(26(21)18-7-8-18)17-9-11-22-12-10-17/h3-6,9-12,15,18H,7-8,13H2,1-2H3,(H,23,27)/t15-/m0/s1. The molecule has 1 aromatic carbocycles. The average Bonchev–Trinajstić information content (AvgIpc) is 3.48. The second kappa shape index (κ2) is 8.14. The summed E-state index contributed by atoms with van der Waals surface area (Å²) >= 11 is 1.46. The van der Waals surface area contributed by atoms with E-state index in [1.165, 1.54) is 17.3 Å². The zero-order valence-electron chi connectivity index (χ0n) is 16.0. The molecular weight excluding hydrogens is 370 g/mol. The van der Waals surface area contributed by atoms with Gasteiger partial charge in [0, 0.05) is 30.5 Å². The predicted octanol–water partition coefficient (Wildman–Crippen LogP) is 3.78. The van der Waals surface area contributed by atoms with E-state index in [2.05, 4.69) is 44.1 Å². The molecular formula is C21H23N5OS. The van der Waals surface area contributed by atoms with Crippen LogP contribution in [0.25, 0.3) is 11.4 Å². The van der Waals surface area contributed by atoms with Gasteiger partial charge in [-0.1, -0.05) is 41.6 Å². The minimum absolute atomic E-state index is 0.00128. The largest absolute Gasteiger partial charge is 0.351 e. The van der Waals surface area contributed by atoms with Crippen molar-refractivity contribution >= 4 is 17.7 Å². The first-order valence-corrected chi connectivity index (χ1v) is 10.3. The molecule has 2 aromatic heterocycles. The number of carbonyl (C=O) groups excluding carboxylic acids is 1. The topological polar surface area (TPSA) is 72.7 Å². The molecule has 1 aliphatic carbocycles. The van der Waals surface area contributed by atoms with Gasteiger partial charge in [0.2, 0.25) is 5.91 Å². The molecule has 1 saturated carbocycles. The molecule has 1 amide bonds. The lowest BCUT2D eigenvalue weighted by Crippen LogP contribution is -2.30. The maximum Gasteiger partial charge on any atom is 0.233 e. The van der Waals surface area contributed by atoms with Crippen LogP contribution in [0, 0.1) is 6.92 Å². The van der Waals surface area contributed by atoms with E-state index in [1.54, 1.807) is 12.4 Å². The monoisotopic (exact) mass is 393 g/mol. The van der Waals surface area contributed by atoms with Gasteiger partial charge in [0.15, 0.2) is 11.0 Å². The number of amides is 1. The van der Waals surface area contributed by atoms with E-state index in [4.69, 9.17) is 0 Å². The van der Waals surface area contributed by atoms with Crippen LogP contribution in [0.2, 0.25) is 0 Å². The lowest BCUT2D eigenvalue weighted by Gasteiger charge is -2.13. The highest BCUT2D eigenvalue weighted by Gasteiger charge is 2.31. The zero-order chi connectivity index (χ0) is 19.5. The van der Waals surface area contributed by atoms with Crippen molar-refractivity contribution in [3.8, 4) is 11.4 Å². The highest BCUT2D eigenvalue weighted by Crippen LogP contribution is 2.41. The number of benzene rings is 1. The third-order valence-electron chi connectivity index (χ3n) is 4.75. The molecule has 7 heteroatoms. The van der Waals surface area contributed by atoms with Gasteiger partial charge in [-0.15, -0.1) is 10.2 Å². The number of rotatable bonds is 7. The van der Waals surface area contributed by atoms with Gasteiger partial charge in [0.1, 0.15) is 0 Å². The number of hydrogen-bond donors (Lipinski definition) is 1. The van der Waals surface area contributed by atoms with Crippen LogP contribution in [0.15, 0.2) is 53.9 Å². The minimum Gasteiger partial charge on any atom is -0.351 e. The molecule has 2 heterocycles. The smallest absolute Gasteiger partial charge is 0.233 e. The molecule has 6 nitrogen and oxygen atoms in total. The minimum atomic E-state index is -0.252. The van der Waals surface area contributed by atoms with Crippen LogP contribution in [0.3, 0.4) is 0 Å². The van der Waals surface area contributed by atoms with Crippen molar-refractivity contribution in [3.63, 3.8) is 0 Å². The van der Waals surface area contributed by atoms with Crippen molar-refractivity contribution in [2.45, 2.75) is 49.7 Å². The van der Waals surface area contributed by atoms with Crippen molar-refractivity contribution in [3.05, 3.63) is 59.9 Å². The molecule has 144 valence electrons. The molecule has 0 bridgehead atoms. The van der Waals surface area contributed by atoms with Gasteiger partial charge in [-0.2, -0.15) is 0 Å². The first-order chi connectivity index (χ1) is 13.6. The van der Waals surface area contributed by atoms with Gasteiger partial charge in [0.05, 0.1) is 5.25 Å². The van der Waals surface area contributed by atoms with Gasteiger partial charge >= 0.3 is 0 Å². The first kappa shape index (κ1) is 18.7. The van der Waals surface area contributed by atoms with Crippen molar-refractivity contribution in [1.29, 1.82) is 0 Å². The third-order valence-corrected chi connectivity index (χ3v) is 5.81. The summed E-state index contributed by atoms with van der Waals surface area (Å²) in [4.78, 5) is 16.6. The van der Waals surface area contributed by atoms with E-state index in [0.29, 0.717) is 12.6 Å². The molecule has 1 N–H and O–H groups in total. The SMILES string of the molecule is Cc1ccc(CNC(=O)[C@H](C)Sc2nnc(-c3ccncc3)n2C2CC2)cc1. The Kier molecular flexibility index (Phi) is 5.43. The number of nitrogens with one attached hydrogen (secondary N) is 1. The molecule has 0 saturated heterocycles. The fourth-order valence-corrected chi connectivity index (χ4v) is 3.91. The van der Waals surface area contributed by atoms with E-state index >= 15 is 0 Å². The van der Waals surface area contributed by atoms with Gasteiger partial charge < -0.3 is 5.32 Å². The Labute approximate surface area is 168 Å². The molecule has 3 aromatic rings. The number of thioether (sulfide) groups is 1. The lowest BCUT2D eigenvalue weighted by atomic mass is 10.1. The van der Waals surface area contributed by atoms with Gasteiger partial charge in [-0.3, -0.25) is 14.3 Å². The molecule has 1 atom stereocenters. The number of carbonyl (C=O) groups is 1. The van der Waals surface area contributed by atoms with Crippen molar-refractivity contribution < 1.29 is 4.79 Å². The molecule has 0 radical (unpaired) electrons. The van der Waals surface area contributed by atoms with Crippen LogP contribution >= 0.6 is 11.8 Å². The van der Waals surface area contributed by atoms with Crippen LogP contribution in [0.5, 0.6) is 0 Å². The summed E-state index contributed by atoms with van der Waals surface area (Å²) in [6.07, 6.45) is 5.76. The Morgan fingerprint density at radius 3 is 2.57 bits per heavy atom. The van der Waals surface area contributed by atoms with E-state index in [-0.39, 0.29) is 11.2 Å². The molecule has 1 fully saturated rings. The number of aryl methyl sites for hydroxylation is 1. The van der Waals surface area contributed by atoms with Crippen LogP contribution in [0.1, 0.15) is 36.9 Å². The Hall–Kier alpha value is -2.67. The zero-order valence-corrected chi connectivity index (χ0v) is 16.8. The van der Waals surface area contributed by atoms with Gasteiger partial charge in [-0.25, -0.2) is 0 Å². The Balaban J connectivity index is 1.44. The summed E-state index contributed by atoms with van der Waals surface area (Å²) in [7, 11) is 0. The van der Waals surface area contributed by atoms with Crippen LogP contribution in [0.4, 0.5) is 0 Å². The lowest BCUT2D eigenvalue weighted by molar-refractivity contribution is -0.120. The van der Waals surface area contributed by atoms with Crippen LogP contribution in [-0.4, -0.2) is 30.9 Å². The summed E-state index contributed by atoms with van der Waals surface area (Å²) < 4.78 is 2.17. The molecule has 0 unspecified atom stereocenters. The quantitative estimate of drug-likeness (QED) is 0.619. The first-order valence-electron chi connectivity index (χ1n) is 9.47. The molecule has 1 aliphatic rings. The fraction of sp³-hybridized carbons (Fsp3) is 0.333. The van der Waals surface area contributed by atoms with E-state index < -0.39 is 0 Å². The highest BCUT2D eigenvalue weighted by molar-refractivity contribution is 8.00. The maximum absolute atomic E-state index is 12.6. The second-order valence-electron chi connectivity index (χ2n) is 7.11. The highest BCUT2D eigenvalue weighted by atomic mass is 32.2. The van der Waals surface area contributed by atoms with Gasteiger partial charge in [-0.05, 0) is 44.4 Å². The Morgan fingerprint density at radius 2 is 1.89 bits per heavy atom. The van der Waals surface area contributed by atoms with Crippen molar-refractivity contribution in [2.75, 3.05) is 0 Å². The summed E-state index contributed by atoms with van der Waals surface area (Å²) in [6, 6.07) is 12.5. The maximum atomic E-state index is 12.6. The summed E-state index contributed by atoms with van der Waals surface area (Å²) in [5, 5.41) is 12.3. The fourth-order valence-electron chi connectivity index (χ4n) is 2.97. The van der Waals surface area contributed by atoms with E-state index in [9.17, 15) is 4.79 Å².